The Morgan fingerprint density at radius 3 is 2.74 bits per heavy atom. The van der Waals surface area contributed by atoms with E-state index in [9.17, 15) is 14.0 Å². The largest absolute Gasteiger partial charge is 0.494 e. The number of ketones is 2. The third-order valence-electron chi connectivity index (χ3n) is 3.24. The van der Waals surface area contributed by atoms with Crippen molar-refractivity contribution >= 4 is 33.2 Å². The normalized spacial score (nSPS) is 13.9. The Balaban J connectivity index is 2.00. The summed E-state index contributed by atoms with van der Waals surface area (Å²) in [5, 5.41) is 2.76. The van der Waals surface area contributed by atoms with Crippen molar-refractivity contribution in [2.75, 3.05) is 12.4 Å². The van der Waals surface area contributed by atoms with Gasteiger partial charge in [-0.1, -0.05) is 0 Å². The number of methoxy groups -OCH3 is 1. The Labute approximate surface area is 138 Å². The lowest BCUT2D eigenvalue weighted by atomic mass is 9.98. The van der Waals surface area contributed by atoms with E-state index < -0.39 is 17.4 Å². The van der Waals surface area contributed by atoms with E-state index in [1.807, 2.05) is 0 Å². The Bertz CT molecular complexity index is 867. The molecule has 1 aliphatic rings. The molecule has 0 unspecified atom stereocenters. The molecule has 0 saturated heterocycles. The predicted molar refractivity (Wildman–Crippen MR) is 83.2 cm³/mol. The van der Waals surface area contributed by atoms with Crippen LogP contribution in [0.25, 0.3) is 0 Å². The van der Waals surface area contributed by atoms with E-state index in [1.54, 1.807) is 0 Å². The molecule has 0 fully saturated rings. The molecule has 116 valence electrons. The van der Waals surface area contributed by atoms with Crippen molar-refractivity contribution in [3.05, 3.63) is 58.0 Å². The molecular weight excluding hydrogens is 369 g/mol. The van der Waals surface area contributed by atoms with Crippen molar-refractivity contribution < 1.29 is 18.7 Å². The number of ether oxygens (including phenoxy) is 1. The molecule has 1 N–H and O–H groups in total. The zero-order valence-corrected chi connectivity index (χ0v) is 13.3. The first-order chi connectivity index (χ1) is 11.0. The van der Waals surface area contributed by atoms with Gasteiger partial charge in [0.25, 0.3) is 0 Å². The van der Waals surface area contributed by atoms with Crippen molar-refractivity contribution in [2.45, 2.75) is 0 Å². The fraction of sp³-hybridized carbons (Fsp3) is 0.0667. The van der Waals surface area contributed by atoms with Crippen molar-refractivity contribution in [1.82, 2.24) is 9.97 Å². The molecule has 0 radical (unpaired) electrons. The second kappa shape index (κ2) is 5.88. The lowest BCUT2D eigenvalue weighted by molar-refractivity contribution is 0.0979. The number of rotatable bonds is 3. The minimum atomic E-state index is -0.590. The van der Waals surface area contributed by atoms with Gasteiger partial charge in [0.2, 0.25) is 11.6 Å². The van der Waals surface area contributed by atoms with Gasteiger partial charge in [-0.3, -0.25) is 9.59 Å². The molecule has 6 nitrogen and oxygen atoms in total. The molecule has 0 bridgehead atoms. The van der Waals surface area contributed by atoms with Gasteiger partial charge in [-0.15, -0.1) is 0 Å². The number of allylic oxidation sites excluding steroid dienone is 2. The molecule has 0 amide bonds. The van der Waals surface area contributed by atoms with E-state index in [1.165, 1.54) is 37.8 Å². The smallest absolute Gasteiger partial charge is 0.221 e. The number of carbonyl (C=O) groups excluding carboxylic acids is 2. The highest BCUT2D eigenvalue weighted by Crippen LogP contribution is 2.30. The molecule has 23 heavy (non-hydrogen) atoms. The van der Waals surface area contributed by atoms with Crippen molar-refractivity contribution in [3.63, 3.8) is 0 Å². The summed E-state index contributed by atoms with van der Waals surface area (Å²) in [7, 11) is 1.35. The summed E-state index contributed by atoms with van der Waals surface area (Å²) in [4.78, 5) is 32.3. The van der Waals surface area contributed by atoms with Gasteiger partial charge in [0.05, 0.1) is 17.2 Å². The van der Waals surface area contributed by atoms with E-state index in [0.717, 1.165) is 0 Å². The summed E-state index contributed by atoms with van der Waals surface area (Å²) < 4.78 is 18.6. The summed E-state index contributed by atoms with van der Waals surface area (Å²) in [5.74, 6) is -1.41. The number of hydrogen-bond acceptors (Lipinski definition) is 6. The van der Waals surface area contributed by atoms with Crippen LogP contribution in [0, 0.1) is 5.82 Å². The van der Waals surface area contributed by atoms with Crippen LogP contribution >= 0.6 is 15.9 Å². The number of Topliss-reactive ketones (excluding diaryl/α,β-unsaturated/α-hetero) is 2. The van der Waals surface area contributed by atoms with Crippen molar-refractivity contribution in [3.8, 4) is 5.75 Å². The molecule has 1 aliphatic carbocycles. The van der Waals surface area contributed by atoms with Gasteiger partial charge in [0, 0.05) is 18.0 Å². The Morgan fingerprint density at radius 1 is 1.26 bits per heavy atom. The van der Waals surface area contributed by atoms with Crippen molar-refractivity contribution in [2.24, 2.45) is 0 Å². The van der Waals surface area contributed by atoms with E-state index in [0.29, 0.717) is 5.69 Å². The van der Waals surface area contributed by atoms with E-state index in [4.69, 9.17) is 4.74 Å². The van der Waals surface area contributed by atoms with Gasteiger partial charge in [-0.2, -0.15) is 0 Å². The summed E-state index contributed by atoms with van der Waals surface area (Å²) in [6, 6.07) is 4.11. The van der Waals surface area contributed by atoms with Crippen LogP contribution in [-0.2, 0) is 0 Å². The number of benzene rings is 1. The Morgan fingerprint density at radius 2 is 2.04 bits per heavy atom. The molecule has 3 rings (SSSR count). The van der Waals surface area contributed by atoms with Gasteiger partial charge >= 0.3 is 0 Å². The Kier molecular flexibility index (Phi) is 3.91. The van der Waals surface area contributed by atoms with Crippen LogP contribution in [0.5, 0.6) is 5.75 Å². The molecule has 8 heteroatoms. The molecule has 0 saturated carbocycles. The number of hydrogen-bond donors (Lipinski definition) is 1. The van der Waals surface area contributed by atoms with Gasteiger partial charge < -0.3 is 10.1 Å². The number of aromatic nitrogens is 2. The van der Waals surface area contributed by atoms with Crippen LogP contribution in [0.4, 0.5) is 10.1 Å². The second-order valence-corrected chi connectivity index (χ2v) is 5.40. The fourth-order valence-corrected chi connectivity index (χ4v) is 2.60. The highest BCUT2D eigenvalue weighted by Gasteiger charge is 2.32. The number of fused-ring (bicyclic) bond motifs is 1. The maximum absolute atomic E-state index is 13.7. The van der Waals surface area contributed by atoms with Gasteiger partial charge in [-0.25, -0.2) is 14.4 Å². The predicted octanol–water partition coefficient (Wildman–Crippen LogP) is 2.72. The minimum Gasteiger partial charge on any atom is -0.494 e. The zero-order chi connectivity index (χ0) is 16.6. The average molecular weight is 378 g/mol. The van der Waals surface area contributed by atoms with Crippen LogP contribution in [-0.4, -0.2) is 28.6 Å². The second-order valence-electron chi connectivity index (χ2n) is 4.61. The summed E-state index contributed by atoms with van der Waals surface area (Å²) in [6.07, 6.45) is 2.47. The van der Waals surface area contributed by atoms with E-state index in [-0.39, 0.29) is 27.2 Å². The topological polar surface area (TPSA) is 81.2 Å². The summed E-state index contributed by atoms with van der Waals surface area (Å²) >= 11 is 3.10. The lowest BCUT2D eigenvalue weighted by Crippen LogP contribution is -2.25. The zero-order valence-electron chi connectivity index (χ0n) is 11.8. The SMILES string of the molecule is COc1ccc(NC2=C(Br)C(=O)c3ncncc3C2=O)cc1F. The third kappa shape index (κ3) is 2.61. The molecule has 2 aromatic rings. The van der Waals surface area contributed by atoms with E-state index in [2.05, 4.69) is 31.2 Å². The van der Waals surface area contributed by atoms with Crippen LogP contribution in [0.3, 0.4) is 0 Å². The summed E-state index contributed by atoms with van der Waals surface area (Å²) in [5.41, 5.74) is 0.430. The monoisotopic (exact) mass is 377 g/mol. The number of nitrogens with one attached hydrogen (secondary N) is 1. The minimum absolute atomic E-state index is 0.00173. The molecule has 1 aromatic carbocycles. The van der Waals surface area contributed by atoms with Crippen LogP contribution in [0.15, 0.2) is 40.9 Å². The number of nitrogens with zero attached hydrogens (tertiary/aromatic N) is 2. The fourth-order valence-electron chi connectivity index (χ4n) is 2.13. The molecular formula is C15H9BrFN3O3. The first kappa shape index (κ1) is 15.3. The van der Waals surface area contributed by atoms with Crippen LogP contribution in [0.1, 0.15) is 20.8 Å². The summed E-state index contributed by atoms with van der Waals surface area (Å²) in [6.45, 7) is 0. The average Bonchev–Trinajstić information content (AvgIpc) is 2.57. The van der Waals surface area contributed by atoms with Gasteiger partial charge in [0.1, 0.15) is 17.7 Å². The molecule has 0 spiro atoms. The van der Waals surface area contributed by atoms with Gasteiger partial charge in [0.15, 0.2) is 11.6 Å². The Hall–Kier alpha value is -2.61. The number of anilines is 1. The lowest BCUT2D eigenvalue weighted by Gasteiger charge is -2.18. The highest BCUT2D eigenvalue weighted by atomic mass is 79.9. The first-order valence-electron chi connectivity index (χ1n) is 6.42. The van der Waals surface area contributed by atoms with Crippen LogP contribution in [0.2, 0.25) is 0 Å². The molecule has 1 aromatic heterocycles. The van der Waals surface area contributed by atoms with Gasteiger partial charge in [-0.05, 0) is 28.1 Å². The van der Waals surface area contributed by atoms with Crippen LogP contribution < -0.4 is 10.1 Å². The number of halogens is 2. The molecule has 1 heterocycles. The quantitative estimate of drug-likeness (QED) is 0.885. The molecule has 0 atom stereocenters. The van der Waals surface area contributed by atoms with E-state index >= 15 is 0 Å². The maximum atomic E-state index is 13.7. The first-order valence-corrected chi connectivity index (χ1v) is 7.22. The maximum Gasteiger partial charge on any atom is 0.221 e. The third-order valence-corrected chi connectivity index (χ3v) is 4.00. The van der Waals surface area contributed by atoms with Crippen molar-refractivity contribution in [1.29, 1.82) is 0 Å². The molecule has 0 aliphatic heterocycles. The number of carbonyl (C=O) groups is 2. The standard InChI is InChI=1S/C15H9BrFN3O3/c1-23-10-3-2-7(4-9(10)17)20-13-11(16)15(22)12-8(14(13)21)5-18-6-19-12/h2-6,20H,1H3. The highest BCUT2D eigenvalue weighted by molar-refractivity contribution is 9.12.